The third kappa shape index (κ3) is 4.61. The van der Waals surface area contributed by atoms with Gasteiger partial charge in [-0.3, -0.25) is 4.68 Å². The summed E-state index contributed by atoms with van der Waals surface area (Å²) < 4.78 is 21.4. The molecule has 0 radical (unpaired) electrons. The lowest BCUT2D eigenvalue weighted by Gasteiger charge is -2.33. The van der Waals surface area contributed by atoms with Gasteiger partial charge in [-0.15, -0.1) is 0 Å². The number of ether oxygens (including phenoxy) is 3. The SMILES string of the molecule is C[C@H]1CN(C2CCC(Oc3cc(Nc4ccn([C@H]5CCCOC5)n4)c4ncn(C)c4c3)CC2)C(=O)O1. The summed E-state index contributed by atoms with van der Waals surface area (Å²) >= 11 is 0. The molecule has 3 aromatic rings. The van der Waals surface area contributed by atoms with Gasteiger partial charge in [-0.25, -0.2) is 9.78 Å². The average Bonchev–Trinajstić information content (AvgIpc) is 3.59. The number of aromatic nitrogens is 4. The Balaban J connectivity index is 1.16. The number of rotatable bonds is 6. The van der Waals surface area contributed by atoms with Crippen LogP contribution in [-0.2, 0) is 16.5 Å². The van der Waals surface area contributed by atoms with Gasteiger partial charge in [0.05, 0.1) is 42.8 Å². The lowest BCUT2D eigenvalue weighted by atomic mass is 9.92. The predicted octanol–water partition coefficient (Wildman–Crippen LogP) is 4.40. The largest absolute Gasteiger partial charge is 0.490 e. The second kappa shape index (κ2) is 9.65. The second-order valence-corrected chi connectivity index (χ2v) is 10.3. The maximum Gasteiger partial charge on any atom is 0.410 e. The molecule has 1 amide bonds. The molecule has 0 unspecified atom stereocenters. The van der Waals surface area contributed by atoms with Crippen molar-refractivity contribution in [3.05, 3.63) is 30.7 Å². The zero-order chi connectivity index (χ0) is 24.6. The monoisotopic (exact) mass is 494 g/mol. The molecule has 192 valence electrons. The smallest absolute Gasteiger partial charge is 0.410 e. The first-order chi connectivity index (χ1) is 17.5. The Hall–Kier alpha value is -3.27. The van der Waals surface area contributed by atoms with E-state index in [2.05, 4.69) is 16.4 Å². The first-order valence-corrected chi connectivity index (χ1v) is 13.0. The fourth-order valence-electron chi connectivity index (χ4n) is 5.64. The molecule has 3 fully saturated rings. The Morgan fingerprint density at radius 2 is 2.00 bits per heavy atom. The number of nitrogens with zero attached hydrogens (tertiary/aromatic N) is 5. The average molecular weight is 495 g/mol. The van der Waals surface area contributed by atoms with Crippen LogP contribution in [0.15, 0.2) is 30.7 Å². The van der Waals surface area contributed by atoms with Crippen molar-refractivity contribution in [2.75, 3.05) is 25.1 Å². The molecule has 0 spiro atoms. The summed E-state index contributed by atoms with van der Waals surface area (Å²) in [5.41, 5.74) is 2.75. The fourth-order valence-corrected chi connectivity index (χ4v) is 5.64. The highest BCUT2D eigenvalue weighted by Gasteiger charge is 2.36. The zero-order valence-electron chi connectivity index (χ0n) is 20.9. The normalized spacial score (nSPS) is 26.8. The summed E-state index contributed by atoms with van der Waals surface area (Å²) in [6.45, 7) is 4.17. The number of nitrogens with one attached hydrogen (secondary N) is 1. The summed E-state index contributed by atoms with van der Waals surface area (Å²) in [6.07, 6.45) is 9.54. The van der Waals surface area contributed by atoms with E-state index in [9.17, 15) is 4.79 Å². The highest BCUT2D eigenvalue weighted by molar-refractivity contribution is 5.91. The number of aryl methyl sites for hydroxylation is 1. The molecule has 6 rings (SSSR count). The Morgan fingerprint density at radius 1 is 1.14 bits per heavy atom. The van der Waals surface area contributed by atoms with E-state index in [0.717, 1.165) is 73.4 Å². The molecule has 0 bridgehead atoms. The first kappa shape index (κ1) is 23.1. The number of carbonyl (C=O) groups is 1. The van der Waals surface area contributed by atoms with Crippen molar-refractivity contribution in [3.63, 3.8) is 0 Å². The fraction of sp³-hybridized carbons (Fsp3) is 0.577. The molecule has 2 aliphatic heterocycles. The van der Waals surface area contributed by atoms with Crippen LogP contribution in [0.3, 0.4) is 0 Å². The molecule has 4 heterocycles. The number of fused-ring (bicyclic) bond motifs is 1. The van der Waals surface area contributed by atoms with Crippen molar-refractivity contribution in [2.24, 2.45) is 7.05 Å². The van der Waals surface area contributed by atoms with Crippen molar-refractivity contribution in [3.8, 4) is 5.75 Å². The third-order valence-electron chi connectivity index (χ3n) is 7.56. The third-order valence-corrected chi connectivity index (χ3v) is 7.56. The van der Waals surface area contributed by atoms with Gasteiger partial charge in [-0.1, -0.05) is 0 Å². The Labute approximate surface area is 210 Å². The van der Waals surface area contributed by atoms with Crippen molar-refractivity contribution < 1.29 is 19.0 Å². The first-order valence-electron chi connectivity index (χ1n) is 13.0. The molecule has 1 aromatic carbocycles. The van der Waals surface area contributed by atoms with E-state index in [-0.39, 0.29) is 30.4 Å². The van der Waals surface area contributed by atoms with Crippen LogP contribution < -0.4 is 10.1 Å². The topological polar surface area (TPSA) is 95.7 Å². The van der Waals surface area contributed by atoms with Gasteiger partial charge in [-0.05, 0) is 45.4 Å². The lowest BCUT2D eigenvalue weighted by Crippen LogP contribution is -2.40. The van der Waals surface area contributed by atoms with E-state index < -0.39 is 0 Å². The number of amides is 1. The van der Waals surface area contributed by atoms with Crippen molar-refractivity contribution in [1.82, 2.24) is 24.2 Å². The molecule has 2 saturated heterocycles. The molecular weight excluding hydrogens is 460 g/mol. The predicted molar refractivity (Wildman–Crippen MR) is 135 cm³/mol. The van der Waals surface area contributed by atoms with Crippen LogP contribution in [0.1, 0.15) is 51.5 Å². The van der Waals surface area contributed by atoms with Crippen molar-refractivity contribution in [1.29, 1.82) is 0 Å². The minimum absolute atomic E-state index is 0.0228. The summed E-state index contributed by atoms with van der Waals surface area (Å²) in [7, 11) is 1.99. The minimum Gasteiger partial charge on any atom is -0.490 e. The number of imidazole rings is 1. The summed E-state index contributed by atoms with van der Waals surface area (Å²) in [5, 5.41) is 8.22. The Kier molecular flexibility index (Phi) is 6.20. The van der Waals surface area contributed by atoms with Crippen LogP contribution in [0, 0.1) is 0 Å². The summed E-state index contributed by atoms with van der Waals surface area (Å²) in [5.74, 6) is 1.59. The van der Waals surface area contributed by atoms with E-state index >= 15 is 0 Å². The van der Waals surface area contributed by atoms with Gasteiger partial charge >= 0.3 is 6.09 Å². The van der Waals surface area contributed by atoms with Crippen LogP contribution in [-0.4, -0.2) is 68.3 Å². The van der Waals surface area contributed by atoms with E-state index in [4.69, 9.17) is 19.3 Å². The number of carbonyl (C=O) groups excluding carboxylic acids is 1. The Bertz CT molecular complexity index is 1220. The molecule has 2 aromatic heterocycles. The molecule has 1 saturated carbocycles. The van der Waals surface area contributed by atoms with Crippen molar-refractivity contribution >= 4 is 28.6 Å². The van der Waals surface area contributed by atoms with Gasteiger partial charge in [0.15, 0.2) is 5.82 Å². The van der Waals surface area contributed by atoms with E-state index in [1.165, 1.54) is 0 Å². The van der Waals surface area contributed by atoms with Crippen LogP contribution >= 0.6 is 0 Å². The maximum absolute atomic E-state index is 12.1. The molecule has 1 aliphatic carbocycles. The molecule has 3 aliphatic rings. The van der Waals surface area contributed by atoms with Crippen LogP contribution in [0.25, 0.3) is 11.0 Å². The van der Waals surface area contributed by atoms with Gasteiger partial charge in [0.1, 0.15) is 17.4 Å². The zero-order valence-corrected chi connectivity index (χ0v) is 20.9. The van der Waals surface area contributed by atoms with E-state index in [1.54, 1.807) is 0 Å². The standard InChI is InChI=1S/C26H34N6O4/c1-17-14-31(26(33)35-17)18-5-7-20(8-6-18)36-21-12-22(25-23(13-21)30(2)16-27-25)28-24-9-10-32(29-24)19-4-3-11-34-15-19/h9-10,12-13,16-20H,3-8,11,14-15H2,1-2H3,(H,28,29)/t17-,18?,19-,20?/m0/s1. The second-order valence-electron chi connectivity index (χ2n) is 10.3. The number of hydrogen-bond acceptors (Lipinski definition) is 7. The van der Waals surface area contributed by atoms with Gasteiger partial charge in [0.25, 0.3) is 0 Å². The number of hydrogen-bond donors (Lipinski definition) is 1. The lowest BCUT2D eigenvalue weighted by molar-refractivity contribution is 0.0550. The summed E-state index contributed by atoms with van der Waals surface area (Å²) in [6, 6.07) is 6.58. The van der Waals surface area contributed by atoms with Gasteiger partial charge < -0.3 is 29.0 Å². The number of anilines is 2. The highest BCUT2D eigenvalue weighted by Crippen LogP contribution is 2.34. The molecule has 36 heavy (non-hydrogen) atoms. The molecule has 1 N–H and O–H groups in total. The minimum atomic E-state index is -0.178. The quantitative estimate of drug-likeness (QED) is 0.543. The molecular formula is C26H34N6O4. The molecule has 10 nitrogen and oxygen atoms in total. The van der Waals surface area contributed by atoms with Gasteiger partial charge in [-0.2, -0.15) is 5.10 Å². The number of benzene rings is 1. The molecule has 10 heteroatoms. The molecule has 2 atom stereocenters. The van der Waals surface area contributed by atoms with Crippen LogP contribution in [0.5, 0.6) is 5.75 Å². The highest BCUT2D eigenvalue weighted by atomic mass is 16.6. The van der Waals surface area contributed by atoms with Gasteiger partial charge in [0.2, 0.25) is 0 Å². The number of cyclic esters (lactones) is 1. The van der Waals surface area contributed by atoms with Crippen LogP contribution in [0.2, 0.25) is 0 Å². The van der Waals surface area contributed by atoms with Gasteiger partial charge in [0, 0.05) is 44.1 Å². The Morgan fingerprint density at radius 3 is 2.75 bits per heavy atom. The summed E-state index contributed by atoms with van der Waals surface area (Å²) in [4.78, 5) is 18.6. The maximum atomic E-state index is 12.1. The van der Waals surface area contributed by atoms with Crippen LogP contribution in [0.4, 0.5) is 16.3 Å². The van der Waals surface area contributed by atoms with E-state index in [1.807, 2.05) is 52.8 Å². The van der Waals surface area contributed by atoms with E-state index in [0.29, 0.717) is 13.2 Å². The van der Waals surface area contributed by atoms with Crippen molar-refractivity contribution in [2.45, 2.75) is 69.7 Å².